The number of amides is 1. The number of methoxy groups -OCH3 is 1. The quantitative estimate of drug-likeness (QED) is 0.794. The molecule has 0 saturated heterocycles. The van der Waals surface area contributed by atoms with Gasteiger partial charge in [0.1, 0.15) is 5.82 Å². The van der Waals surface area contributed by atoms with Crippen molar-refractivity contribution in [1.82, 2.24) is 0 Å². The molecule has 20 heavy (non-hydrogen) atoms. The molecule has 1 amide bonds. The van der Waals surface area contributed by atoms with E-state index < -0.39 is 5.91 Å². The number of anilines is 1. The summed E-state index contributed by atoms with van der Waals surface area (Å²) in [6.45, 7) is 0. The zero-order valence-corrected chi connectivity index (χ0v) is 12.6. The summed E-state index contributed by atoms with van der Waals surface area (Å²) in [5, 5.41) is 12.3. The molecule has 0 fully saturated rings. The Morgan fingerprint density at radius 3 is 2.65 bits per heavy atom. The first-order valence-corrected chi connectivity index (χ1v) is 6.72. The van der Waals surface area contributed by atoms with Gasteiger partial charge in [0.2, 0.25) is 0 Å². The van der Waals surface area contributed by atoms with E-state index in [1.165, 1.54) is 43.5 Å². The van der Waals surface area contributed by atoms with Crippen molar-refractivity contribution in [2.24, 2.45) is 0 Å². The van der Waals surface area contributed by atoms with Crippen molar-refractivity contribution < 1.29 is 19.0 Å². The third-order valence-corrected chi connectivity index (χ3v) is 3.51. The van der Waals surface area contributed by atoms with E-state index in [1.807, 2.05) is 22.6 Å². The summed E-state index contributed by atoms with van der Waals surface area (Å²) in [4.78, 5) is 12.0. The van der Waals surface area contributed by atoms with E-state index in [4.69, 9.17) is 4.74 Å². The Balaban J connectivity index is 2.21. The first-order chi connectivity index (χ1) is 9.51. The average molecular weight is 387 g/mol. The molecule has 0 unspecified atom stereocenters. The summed E-state index contributed by atoms with van der Waals surface area (Å²) in [7, 11) is 1.43. The van der Waals surface area contributed by atoms with Crippen LogP contribution in [0.1, 0.15) is 10.4 Å². The molecule has 0 aliphatic carbocycles. The van der Waals surface area contributed by atoms with Crippen LogP contribution in [0.3, 0.4) is 0 Å². The minimum atomic E-state index is -0.396. The molecule has 2 N–H and O–H groups in total. The molecule has 0 heterocycles. The Morgan fingerprint density at radius 1 is 1.30 bits per heavy atom. The number of aromatic hydroxyl groups is 1. The van der Waals surface area contributed by atoms with Crippen molar-refractivity contribution in [2.45, 2.75) is 0 Å². The Bertz CT molecular complexity index is 661. The molecule has 2 aromatic rings. The highest BCUT2D eigenvalue weighted by Crippen LogP contribution is 2.27. The highest BCUT2D eigenvalue weighted by atomic mass is 127. The molecular weight excluding hydrogens is 376 g/mol. The first-order valence-electron chi connectivity index (χ1n) is 5.64. The number of rotatable bonds is 3. The van der Waals surface area contributed by atoms with E-state index >= 15 is 0 Å². The molecule has 0 bridgehead atoms. The number of phenols is 1. The minimum Gasteiger partial charge on any atom is -0.504 e. The molecule has 0 aliphatic rings. The van der Waals surface area contributed by atoms with E-state index in [2.05, 4.69) is 5.32 Å². The van der Waals surface area contributed by atoms with Crippen LogP contribution in [0, 0.1) is 9.39 Å². The Labute approximate surface area is 128 Å². The Kier molecular flexibility index (Phi) is 4.43. The highest BCUT2D eigenvalue weighted by molar-refractivity contribution is 14.1. The van der Waals surface area contributed by atoms with E-state index in [0.717, 1.165) is 0 Å². The molecule has 0 aliphatic heterocycles. The van der Waals surface area contributed by atoms with Crippen LogP contribution in [0.15, 0.2) is 36.4 Å². The smallest absolute Gasteiger partial charge is 0.255 e. The maximum absolute atomic E-state index is 13.0. The van der Waals surface area contributed by atoms with Gasteiger partial charge in [0.15, 0.2) is 11.5 Å². The van der Waals surface area contributed by atoms with Crippen LogP contribution in [0.2, 0.25) is 0 Å². The summed E-state index contributed by atoms with van der Waals surface area (Å²) < 4.78 is 18.5. The van der Waals surface area contributed by atoms with Crippen LogP contribution < -0.4 is 10.1 Å². The number of hydrogen-bond donors (Lipinski definition) is 2. The monoisotopic (exact) mass is 387 g/mol. The number of nitrogens with one attached hydrogen (secondary N) is 1. The van der Waals surface area contributed by atoms with Crippen LogP contribution in [-0.4, -0.2) is 18.1 Å². The molecule has 0 radical (unpaired) electrons. The number of hydrogen-bond acceptors (Lipinski definition) is 3. The number of halogens is 2. The molecule has 2 aromatic carbocycles. The number of carbonyl (C=O) groups is 1. The molecule has 0 atom stereocenters. The number of benzene rings is 2. The lowest BCUT2D eigenvalue weighted by atomic mass is 10.2. The molecule has 0 aromatic heterocycles. The molecule has 4 nitrogen and oxygen atoms in total. The van der Waals surface area contributed by atoms with Gasteiger partial charge in [0.05, 0.1) is 12.8 Å². The molecule has 0 spiro atoms. The van der Waals surface area contributed by atoms with Crippen LogP contribution >= 0.6 is 22.6 Å². The summed E-state index contributed by atoms with van der Waals surface area (Å²) in [6.07, 6.45) is 0. The van der Waals surface area contributed by atoms with Gasteiger partial charge < -0.3 is 15.2 Å². The van der Waals surface area contributed by atoms with Crippen molar-refractivity contribution in [2.75, 3.05) is 12.4 Å². The Hall–Kier alpha value is -1.83. The van der Waals surface area contributed by atoms with E-state index in [-0.39, 0.29) is 22.9 Å². The summed E-state index contributed by atoms with van der Waals surface area (Å²) in [5.74, 6) is -0.589. The number of ether oxygens (including phenoxy) is 1. The van der Waals surface area contributed by atoms with Crippen LogP contribution in [-0.2, 0) is 0 Å². The molecular formula is C14H11FINO3. The van der Waals surface area contributed by atoms with Crippen molar-refractivity contribution in [3.8, 4) is 11.5 Å². The standard InChI is InChI=1S/C14H11FINO3/c1-20-13-5-2-8(6-12(13)18)14(19)17-11-4-3-9(15)7-10(11)16/h2-7,18H,1H3,(H,17,19). The van der Waals surface area contributed by atoms with Gasteiger partial charge in [-0.25, -0.2) is 4.39 Å². The average Bonchev–Trinajstić information content (AvgIpc) is 2.41. The predicted molar refractivity (Wildman–Crippen MR) is 81.7 cm³/mol. The van der Waals surface area contributed by atoms with E-state index in [9.17, 15) is 14.3 Å². The van der Waals surface area contributed by atoms with Crippen molar-refractivity contribution >= 4 is 34.2 Å². The van der Waals surface area contributed by atoms with Gasteiger partial charge >= 0.3 is 0 Å². The maximum atomic E-state index is 13.0. The zero-order chi connectivity index (χ0) is 14.7. The fourth-order valence-corrected chi connectivity index (χ4v) is 2.23. The highest BCUT2D eigenvalue weighted by Gasteiger charge is 2.11. The topological polar surface area (TPSA) is 58.6 Å². The molecule has 0 saturated carbocycles. The summed E-state index contributed by atoms with van der Waals surface area (Å²) in [5.41, 5.74) is 0.788. The van der Waals surface area contributed by atoms with Gasteiger partial charge in [-0.15, -0.1) is 0 Å². The van der Waals surface area contributed by atoms with Crippen LogP contribution in [0.25, 0.3) is 0 Å². The summed E-state index contributed by atoms with van der Waals surface area (Å²) >= 11 is 1.93. The third-order valence-electron chi connectivity index (χ3n) is 2.62. The maximum Gasteiger partial charge on any atom is 0.255 e. The van der Waals surface area contributed by atoms with Crippen LogP contribution in [0.4, 0.5) is 10.1 Å². The number of phenolic OH excluding ortho intramolecular Hbond substituents is 1. The van der Waals surface area contributed by atoms with Crippen LogP contribution in [0.5, 0.6) is 11.5 Å². The fourth-order valence-electron chi connectivity index (χ4n) is 1.62. The second-order valence-corrected chi connectivity index (χ2v) is 5.13. The fraction of sp³-hybridized carbons (Fsp3) is 0.0714. The minimum absolute atomic E-state index is 0.117. The second kappa shape index (κ2) is 6.08. The first kappa shape index (κ1) is 14.6. The molecule has 104 valence electrons. The van der Waals surface area contributed by atoms with Gasteiger partial charge in [-0.2, -0.15) is 0 Å². The molecule has 6 heteroatoms. The van der Waals surface area contributed by atoms with E-state index in [0.29, 0.717) is 9.26 Å². The second-order valence-electron chi connectivity index (χ2n) is 3.96. The van der Waals surface area contributed by atoms with E-state index in [1.54, 1.807) is 0 Å². The van der Waals surface area contributed by atoms with Gasteiger partial charge in [-0.3, -0.25) is 4.79 Å². The zero-order valence-electron chi connectivity index (χ0n) is 10.5. The number of carbonyl (C=O) groups excluding carboxylic acids is 1. The summed E-state index contributed by atoms with van der Waals surface area (Å²) in [6, 6.07) is 8.41. The van der Waals surface area contributed by atoms with Crippen molar-refractivity contribution in [1.29, 1.82) is 0 Å². The van der Waals surface area contributed by atoms with Crippen molar-refractivity contribution in [3.63, 3.8) is 0 Å². The Morgan fingerprint density at radius 2 is 2.05 bits per heavy atom. The third kappa shape index (κ3) is 3.19. The lowest BCUT2D eigenvalue weighted by Gasteiger charge is -2.09. The van der Waals surface area contributed by atoms with Gasteiger partial charge in [-0.05, 0) is 59.0 Å². The van der Waals surface area contributed by atoms with Gasteiger partial charge in [0, 0.05) is 9.13 Å². The van der Waals surface area contributed by atoms with Crippen molar-refractivity contribution in [3.05, 3.63) is 51.3 Å². The predicted octanol–water partition coefficient (Wildman–Crippen LogP) is 3.40. The largest absolute Gasteiger partial charge is 0.504 e. The lowest BCUT2D eigenvalue weighted by molar-refractivity contribution is 0.102. The normalized spacial score (nSPS) is 10.2. The molecule has 2 rings (SSSR count). The SMILES string of the molecule is COc1ccc(C(=O)Nc2ccc(F)cc2I)cc1O. The van der Waals surface area contributed by atoms with Gasteiger partial charge in [-0.1, -0.05) is 0 Å². The van der Waals surface area contributed by atoms with Gasteiger partial charge in [0.25, 0.3) is 5.91 Å². The lowest BCUT2D eigenvalue weighted by Crippen LogP contribution is -2.12.